The molecule has 4 rings (SSSR count). The number of hydrogen-bond donors (Lipinski definition) is 2. The monoisotopic (exact) mass is 413 g/mol. The third-order valence-corrected chi connectivity index (χ3v) is 5.78. The number of carbonyl (C=O) groups is 2. The number of carbonyl (C=O) groups excluding carboxylic acids is 2. The molecule has 0 fully saturated rings. The lowest BCUT2D eigenvalue weighted by molar-refractivity contribution is -0.127. The van der Waals surface area contributed by atoms with E-state index in [0.717, 1.165) is 11.1 Å². The van der Waals surface area contributed by atoms with Crippen LogP contribution in [-0.2, 0) is 9.59 Å². The summed E-state index contributed by atoms with van der Waals surface area (Å²) in [6, 6.07) is 26.9. The zero-order chi connectivity index (χ0) is 22.0. The Bertz CT molecular complexity index is 1040. The zero-order valence-electron chi connectivity index (χ0n) is 18.0. The normalized spacial score (nSPS) is 15.9. The Morgan fingerprint density at radius 3 is 1.97 bits per heavy atom. The van der Waals surface area contributed by atoms with Crippen LogP contribution in [-0.4, -0.2) is 23.4 Å². The van der Waals surface area contributed by atoms with Crippen molar-refractivity contribution in [2.75, 3.05) is 10.2 Å². The molecule has 3 aromatic carbocycles. The molecule has 0 saturated heterocycles. The maximum Gasteiger partial charge on any atom is 0.250 e. The molecule has 1 heterocycles. The van der Waals surface area contributed by atoms with Crippen molar-refractivity contribution in [3.8, 4) is 0 Å². The second kappa shape index (κ2) is 8.36. The first-order valence-corrected chi connectivity index (χ1v) is 10.5. The molecule has 2 amide bonds. The van der Waals surface area contributed by atoms with Crippen LogP contribution in [0, 0.1) is 0 Å². The van der Waals surface area contributed by atoms with E-state index in [1.807, 2.05) is 67.6 Å². The van der Waals surface area contributed by atoms with E-state index in [4.69, 9.17) is 0 Å². The Labute approximate surface area is 183 Å². The fourth-order valence-corrected chi connectivity index (χ4v) is 4.04. The van der Waals surface area contributed by atoms with Gasteiger partial charge in [-0.25, -0.2) is 0 Å². The topological polar surface area (TPSA) is 61.4 Å². The Morgan fingerprint density at radius 2 is 1.39 bits per heavy atom. The van der Waals surface area contributed by atoms with Gasteiger partial charge in [-0.2, -0.15) is 0 Å². The van der Waals surface area contributed by atoms with Crippen molar-refractivity contribution in [3.63, 3.8) is 0 Å². The number of amides is 2. The van der Waals surface area contributed by atoms with Gasteiger partial charge in [-0.05, 0) is 44.0 Å². The van der Waals surface area contributed by atoms with Crippen LogP contribution in [0.25, 0.3) is 0 Å². The number of nitrogens with one attached hydrogen (secondary N) is 2. The SMILES string of the molecule is CC(NC(c1ccccc1)c1ccccc1)C(=O)N1c2ccccc2NC(=O)C1(C)C. The second-order valence-corrected chi connectivity index (χ2v) is 8.35. The highest BCUT2D eigenvalue weighted by atomic mass is 16.2. The summed E-state index contributed by atoms with van der Waals surface area (Å²) in [5.41, 5.74) is 2.50. The number of para-hydroxylation sites is 2. The van der Waals surface area contributed by atoms with Crippen LogP contribution in [0.1, 0.15) is 37.9 Å². The van der Waals surface area contributed by atoms with E-state index in [2.05, 4.69) is 34.9 Å². The molecule has 5 nitrogen and oxygen atoms in total. The third kappa shape index (κ3) is 3.97. The van der Waals surface area contributed by atoms with Gasteiger partial charge in [-0.1, -0.05) is 72.8 Å². The van der Waals surface area contributed by atoms with Crippen LogP contribution >= 0.6 is 0 Å². The van der Waals surface area contributed by atoms with Gasteiger partial charge >= 0.3 is 0 Å². The summed E-state index contributed by atoms with van der Waals surface area (Å²) < 4.78 is 0. The summed E-state index contributed by atoms with van der Waals surface area (Å²) in [6.45, 7) is 5.40. The lowest BCUT2D eigenvalue weighted by Gasteiger charge is -2.43. The Hall–Kier alpha value is -3.44. The minimum absolute atomic E-state index is 0.149. The van der Waals surface area contributed by atoms with Crippen molar-refractivity contribution in [2.45, 2.75) is 38.4 Å². The molecule has 2 N–H and O–H groups in total. The maximum absolute atomic E-state index is 13.7. The average molecular weight is 414 g/mol. The molecule has 1 aliphatic rings. The molecule has 1 atom stereocenters. The van der Waals surface area contributed by atoms with Crippen molar-refractivity contribution >= 4 is 23.2 Å². The highest BCUT2D eigenvalue weighted by Crippen LogP contribution is 2.37. The molecule has 0 bridgehead atoms. The molecular weight excluding hydrogens is 386 g/mol. The fourth-order valence-electron chi connectivity index (χ4n) is 4.04. The molecule has 31 heavy (non-hydrogen) atoms. The number of fused-ring (bicyclic) bond motifs is 1. The molecule has 0 radical (unpaired) electrons. The minimum atomic E-state index is -1.00. The van der Waals surface area contributed by atoms with E-state index >= 15 is 0 Å². The van der Waals surface area contributed by atoms with Crippen molar-refractivity contribution in [1.82, 2.24) is 5.32 Å². The summed E-state index contributed by atoms with van der Waals surface area (Å²) in [6.07, 6.45) is 0. The van der Waals surface area contributed by atoms with Crippen LogP contribution in [0.15, 0.2) is 84.9 Å². The predicted octanol–water partition coefficient (Wildman–Crippen LogP) is 4.52. The fraction of sp³-hybridized carbons (Fsp3) is 0.231. The van der Waals surface area contributed by atoms with Crippen LogP contribution in [0.3, 0.4) is 0 Å². The Morgan fingerprint density at radius 1 is 0.871 bits per heavy atom. The van der Waals surface area contributed by atoms with E-state index in [0.29, 0.717) is 11.4 Å². The first-order valence-electron chi connectivity index (χ1n) is 10.5. The van der Waals surface area contributed by atoms with Crippen molar-refractivity contribution in [1.29, 1.82) is 0 Å². The van der Waals surface area contributed by atoms with E-state index in [-0.39, 0.29) is 17.9 Å². The molecule has 0 saturated carbocycles. The van der Waals surface area contributed by atoms with Gasteiger partial charge in [0.25, 0.3) is 0 Å². The van der Waals surface area contributed by atoms with E-state index in [1.165, 1.54) is 0 Å². The molecule has 1 unspecified atom stereocenters. The maximum atomic E-state index is 13.7. The molecule has 0 spiro atoms. The molecule has 158 valence electrons. The third-order valence-electron chi connectivity index (χ3n) is 5.78. The summed E-state index contributed by atoms with van der Waals surface area (Å²) >= 11 is 0. The first-order chi connectivity index (χ1) is 14.9. The molecule has 0 aromatic heterocycles. The standard InChI is InChI=1S/C26H27N3O2/c1-18(27-23(19-12-6-4-7-13-19)20-14-8-5-9-15-20)24(30)29-22-17-11-10-16-21(22)28-25(31)26(29,2)3/h4-18,23,27H,1-3H3,(H,28,31). The van der Waals surface area contributed by atoms with Gasteiger partial charge in [-0.3, -0.25) is 19.8 Å². The smallest absolute Gasteiger partial charge is 0.250 e. The molecule has 5 heteroatoms. The van der Waals surface area contributed by atoms with Gasteiger partial charge in [0, 0.05) is 0 Å². The lowest BCUT2D eigenvalue weighted by Crippen LogP contribution is -2.62. The summed E-state index contributed by atoms with van der Waals surface area (Å²) in [5, 5.41) is 6.42. The largest absolute Gasteiger partial charge is 0.322 e. The van der Waals surface area contributed by atoms with Crippen LogP contribution in [0.2, 0.25) is 0 Å². The summed E-state index contributed by atoms with van der Waals surface area (Å²) in [4.78, 5) is 28.1. The second-order valence-electron chi connectivity index (χ2n) is 8.35. The molecule has 3 aromatic rings. The van der Waals surface area contributed by atoms with Crippen molar-refractivity contribution < 1.29 is 9.59 Å². The Kier molecular flexibility index (Phi) is 5.61. The van der Waals surface area contributed by atoms with E-state index in [1.54, 1.807) is 18.7 Å². The number of anilines is 2. The quantitative estimate of drug-likeness (QED) is 0.647. The van der Waals surface area contributed by atoms with Gasteiger partial charge in [-0.15, -0.1) is 0 Å². The zero-order valence-corrected chi connectivity index (χ0v) is 18.0. The van der Waals surface area contributed by atoms with Gasteiger partial charge in [0.15, 0.2) is 0 Å². The summed E-state index contributed by atoms with van der Waals surface area (Å²) in [7, 11) is 0. The first kappa shape index (κ1) is 20.8. The van der Waals surface area contributed by atoms with E-state index in [9.17, 15) is 9.59 Å². The van der Waals surface area contributed by atoms with Crippen molar-refractivity contribution in [2.24, 2.45) is 0 Å². The predicted molar refractivity (Wildman–Crippen MR) is 124 cm³/mol. The average Bonchev–Trinajstić information content (AvgIpc) is 2.79. The number of nitrogens with zero attached hydrogens (tertiary/aromatic N) is 1. The summed E-state index contributed by atoms with van der Waals surface area (Å²) in [5.74, 6) is -0.349. The van der Waals surface area contributed by atoms with Gasteiger partial charge in [0.2, 0.25) is 11.8 Å². The number of benzene rings is 3. The van der Waals surface area contributed by atoms with E-state index < -0.39 is 11.6 Å². The highest BCUT2D eigenvalue weighted by molar-refractivity contribution is 6.15. The highest BCUT2D eigenvalue weighted by Gasteiger charge is 2.44. The minimum Gasteiger partial charge on any atom is -0.322 e. The van der Waals surface area contributed by atoms with Crippen LogP contribution < -0.4 is 15.5 Å². The van der Waals surface area contributed by atoms with Crippen LogP contribution in [0.4, 0.5) is 11.4 Å². The van der Waals surface area contributed by atoms with Gasteiger partial charge in [0.05, 0.1) is 23.5 Å². The number of rotatable bonds is 5. The van der Waals surface area contributed by atoms with Gasteiger partial charge in [0.1, 0.15) is 5.54 Å². The lowest BCUT2D eigenvalue weighted by atomic mass is 9.94. The molecule has 1 aliphatic heterocycles. The van der Waals surface area contributed by atoms with Gasteiger partial charge < -0.3 is 5.32 Å². The van der Waals surface area contributed by atoms with Crippen molar-refractivity contribution in [3.05, 3.63) is 96.1 Å². The van der Waals surface area contributed by atoms with Crippen LogP contribution in [0.5, 0.6) is 0 Å². The molecule has 0 aliphatic carbocycles. The Balaban J connectivity index is 1.67. The molecular formula is C26H27N3O2. The number of hydrogen-bond acceptors (Lipinski definition) is 3.